The summed E-state index contributed by atoms with van der Waals surface area (Å²) in [5.41, 5.74) is 1.28. The number of halogens is 1. The molecule has 0 spiro atoms. The van der Waals surface area contributed by atoms with E-state index in [0.717, 1.165) is 17.9 Å². The molecule has 0 nitrogen and oxygen atoms in total. The molecule has 1 heteroatoms. The van der Waals surface area contributed by atoms with Crippen molar-refractivity contribution in [2.45, 2.75) is 25.7 Å². The van der Waals surface area contributed by atoms with E-state index >= 15 is 0 Å². The first-order chi connectivity index (χ1) is 6.27. The van der Waals surface area contributed by atoms with Gasteiger partial charge in [0.05, 0.1) is 0 Å². The van der Waals surface area contributed by atoms with E-state index in [2.05, 4.69) is 12.8 Å². The summed E-state index contributed by atoms with van der Waals surface area (Å²) in [7, 11) is 0. The van der Waals surface area contributed by atoms with E-state index in [1.807, 2.05) is 24.3 Å². The molecule has 0 saturated carbocycles. The molecule has 0 fully saturated rings. The maximum atomic E-state index is 5.80. The van der Waals surface area contributed by atoms with E-state index in [1.165, 1.54) is 5.56 Å². The Morgan fingerprint density at radius 3 is 2.46 bits per heavy atom. The van der Waals surface area contributed by atoms with Crippen LogP contribution in [-0.4, -0.2) is 0 Å². The predicted molar refractivity (Wildman–Crippen MR) is 57.9 cm³/mol. The SMILES string of the molecule is C#CCC(CC)c1ccc(Cl)cc1. The van der Waals surface area contributed by atoms with Crippen LogP contribution in [-0.2, 0) is 0 Å². The molecule has 1 unspecified atom stereocenters. The van der Waals surface area contributed by atoms with E-state index < -0.39 is 0 Å². The van der Waals surface area contributed by atoms with Crippen molar-refractivity contribution in [3.05, 3.63) is 34.9 Å². The molecule has 0 amide bonds. The topological polar surface area (TPSA) is 0 Å². The minimum absolute atomic E-state index is 0.474. The minimum atomic E-state index is 0.474. The van der Waals surface area contributed by atoms with E-state index in [4.69, 9.17) is 18.0 Å². The van der Waals surface area contributed by atoms with Crippen LogP contribution >= 0.6 is 11.6 Å². The van der Waals surface area contributed by atoms with Gasteiger partial charge in [-0.15, -0.1) is 12.3 Å². The van der Waals surface area contributed by atoms with Gasteiger partial charge in [-0.2, -0.15) is 0 Å². The fraction of sp³-hybridized carbons (Fsp3) is 0.333. The molecule has 1 rings (SSSR count). The fourth-order valence-electron chi connectivity index (χ4n) is 1.38. The van der Waals surface area contributed by atoms with Crippen molar-refractivity contribution in [2.24, 2.45) is 0 Å². The lowest BCUT2D eigenvalue weighted by Crippen LogP contribution is -1.95. The molecule has 0 aromatic heterocycles. The standard InChI is InChI=1S/C12H13Cl/c1-3-5-10(4-2)11-6-8-12(13)9-7-11/h1,6-10H,4-5H2,2H3. The largest absolute Gasteiger partial charge is 0.120 e. The van der Waals surface area contributed by atoms with Crippen molar-refractivity contribution in [2.75, 3.05) is 0 Å². The summed E-state index contributed by atoms with van der Waals surface area (Å²) in [6.07, 6.45) is 7.18. The van der Waals surface area contributed by atoms with Crippen LogP contribution in [0.2, 0.25) is 5.02 Å². The van der Waals surface area contributed by atoms with Crippen molar-refractivity contribution >= 4 is 11.6 Å². The van der Waals surface area contributed by atoms with Crippen molar-refractivity contribution < 1.29 is 0 Å². The van der Waals surface area contributed by atoms with Gasteiger partial charge in [0.2, 0.25) is 0 Å². The molecular formula is C12H13Cl. The molecule has 0 bridgehead atoms. The highest BCUT2D eigenvalue weighted by atomic mass is 35.5. The van der Waals surface area contributed by atoms with Crippen molar-refractivity contribution in [3.8, 4) is 12.3 Å². The number of rotatable bonds is 3. The molecule has 0 heterocycles. The van der Waals surface area contributed by atoms with Gasteiger partial charge >= 0.3 is 0 Å². The lowest BCUT2D eigenvalue weighted by Gasteiger charge is -2.11. The zero-order valence-corrected chi connectivity index (χ0v) is 8.51. The Morgan fingerprint density at radius 1 is 1.38 bits per heavy atom. The Bertz CT molecular complexity index is 292. The van der Waals surface area contributed by atoms with Gasteiger partial charge in [0.1, 0.15) is 0 Å². The van der Waals surface area contributed by atoms with Crippen LogP contribution in [0.1, 0.15) is 31.2 Å². The van der Waals surface area contributed by atoms with Gasteiger partial charge in [-0.3, -0.25) is 0 Å². The van der Waals surface area contributed by atoms with Crippen LogP contribution in [0.25, 0.3) is 0 Å². The van der Waals surface area contributed by atoms with Crippen LogP contribution in [0.5, 0.6) is 0 Å². The molecule has 68 valence electrons. The lowest BCUT2D eigenvalue weighted by molar-refractivity contribution is 0.685. The number of hydrogen-bond acceptors (Lipinski definition) is 0. The quantitative estimate of drug-likeness (QED) is 0.638. The molecule has 0 aliphatic rings. The monoisotopic (exact) mass is 192 g/mol. The van der Waals surface area contributed by atoms with Gasteiger partial charge in [0, 0.05) is 11.4 Å². The second-order valence-corrected chi connectivity index (χ2v) is 3.50. The predicted octanol–water partition coefficient (Wildman–Crippen LogP) is 3.86. The molecule has 1 atom stereocenters. The average molecular weight is 193 g/mol. The molecule has 0 N–H and O–H groups in total. The minimum Gasteiger partial charge on any atom is -0.120 e. The molecule has 0 radical (unpaired) electrons. The third kappa shape index (κ3) is 2.79. The highest BCUT2D eigenvalue weighted by molar-refractivity contribution is 6.30. The Labute approximate surface area is 84.9 Å². The summed E-state index contributed by atoms with van der Waals surface area (Å²) in [6, 6.07) is 7.92. The second kappa shape index (κ2) is 4.94. The Kier molecular flexibility index (Phi) is 3.86. The first-order valence-corrected chi connectivity index (χ1v) is 4.84. The van der Waals surface area contributed by atoms with E-state index in [1.54, 1.807) is 0 Å². The Hall–Kier alpha value is -0.930. The highest BCUT2D eigenvalue weighted by Crippen LogP contribution is 2.23. The van der Waals surface area contributed by atoms with Gasteiger partial charge in [0.15, 0.2) is 0 Å². The third-order valence-corrected chi connectivity index (χ3v) is 2.45. The number of terminal acetylenes is 1. The Balaban J connectivity index is 2.80. The highest BCUT2D eigenvalue weighted by Gasteiger charge is 2.06. The molecule has 1 aromatic carbocycles. The van der Waals surface area contributed by atoms with Gasteiger partial charge in [0.25, 0.3) is 0 Å². The van der Waals surface area contributed by atoms with Crippen molar-refractivity contribution in [3.63, 3.8) is 0 Å². The number of benzene rings is 1. The van der Waals surface area contributed by atoms with Gasteiger partial charge in [-0.25, -0.2) is 0 Å². The zero-order chi connectivity index (χ0) is 9.68. The van der Waals surface area contributed by atoms with Crippen molar-refractivity contribution in [1.29, 1.82) is 0 Å². The van der Waals surface area contributed by atoms with Crippen LogP contribution < -0.4 is 0 Å². The second-order valence-electron chi connectivity index (χ2n) is 3.06. The van der Waals surface area contributed by atoms with E-state index in [-0.39, 0.29) is 0 Å². The first kappa shape index (κ1) is 10.2. The normalized spacial score (nSPS) is 12.1. The zero-order valence-electron chi connectivity index (χ0n) is 7.76. The molecule has 0 saturated heterocycles. The lowest BCUT2D eigenvalue weighted by atomic mass is 9.94. The molecule has 0 aliphatic heterocycles. The van der Waals surface area contributed by atoms with Crippen LogP contribution in [0.15, 0.2) is 24.3 Å². The summed E-state index contributed by atoms with van der Waals surface area (Å²) >= 11 is 5.80. The van der Waals surface area contributed by atoms with Crippen molar-refractivity contribution in [1.82, 2.24) is 0 Å². The summed E-state index contributed by atoms with van der Waals surface area (Å²) < 4.78 is 0. The molecule has 1 aromatic rings. The van der Waals surface area contributed by atoms with Crippen LogP contribution in [0.3, 0.4) is 0 Å². The fourth-order valence-corrected chi connectivity index (χ4v) is 1.50. The van der Waals surface area contributed by atoms with Crippen LogP contribution in [0, 0.1) is 12.3 Å². The smallest absolute Gasteiger partial charge is 0.0406 e. The third-order valence-electron chi connectivity index (χ3n) is 2.20. The maximum Gasteiger partial charge on any atom is 0.0406 e. The van der Waals surface area contributed by atoms with Crippen LogP contribution in [0.4, 0.5) is 0 Å². The molecular weight excluding hydrogens is 180 g/mol. The van der Waals surface area contributed by atoms with Gasteiger partial charge in [-0.05, 0) is 30.0 Å². The Morgan fingerprint density at radius 2 is 2.00 bits per heavy atom. The summed E-state index contributed by atoms with van der Waals surface area (Å²) in [5, 5.41) is 0.777. The molecule has 13 heavy (non-hydrogen) atoms. The molecule has 0 aliphatic carbocycles. The van der Waals surface area contributed by atoms with E-state index in [0.29, 0.717) is 5.92 Å². The van der Waals surface area contributed by atoms with Gasteiger partial charge < -0.3 is 0 Å². The summed E-state index contributed by atoms with van der Waals surface area (Å²) in [6.45, 7) is 2.15. The number of hydrogen-bond donors (Lipinski definition) is 0. The van der Waals surface area contributed by atoms with E-state index in [9.17, 15) is 0 Å². The van der Waals surface area contributed by atoms with Gasteiger partial charge in [-0.1, -0.05) is 30.7 Å². The average Bonchev–Trinajstić information content (AvgIpc) is 2.16. The maximum absolute atomic E-state index is 5.80. The summed E-state index contributed by atoms with van der Waals surface area (Å²) in [4.78, 5) is 0. The summed E-state index contributed by atoms with van der Waals surface area (Å²) in [5.74, 6) is 3.17. The first-order valence-electron chi connectivity index (χ1n) is 4.46.